The molecule has 0 aromatic heterocycles. The SMILES string of the molecule is CC1OCCC1N(C)CC(O)c1cccc2ccccc12. The van der Waals surface area contributed by atoms with Crippen LogP contribution < -0.4 is 0 Å². The maximum Gasteiger partial charge on any atom is 0.0922 e. The van der Waals surface area contributed by atoms with Gasteiger partial charge in [-0.05, 0) is 36.7 Å². The fraction of sp³-hybridized carbons (Fsp3) is 0.444. The summed E-state index contributed by atoms with van der Waals surface area (Å²) in [5, 5.41) is 13.0. The zero-order valence-electron chi connectivity index (χ0n) is 12.7. The van der Waals surface area contributed by atoms with Gasteiger partial charge in [0.05, 0.1) is 12.2 Å². The molecule has 1 N–H and O–H groups in total. The molecule has 0 saturated carbocycles. The molecule has 112 valence electrons. The number of aliphatic hydroxyl groups excluding tert-OH is 1. The maximum absolute atomic E-state index is 10.7. The number of fused-ring (bicyclic) bond motifs is 1. The van der Waals surface area contributed by atoms with Crippen LogP contribution in [0.25, 0.3) is 10.8 Å². The monoisotopic (exact) mass is 285 g/mol. The second-order valence-corrected chi connectivity index (χ2v) is 5.96. The summed E-state index contributed by atoms with van der Waals surface area (Å²) in [6.45, 7) is 3.56. The van der Waals surface area contributed by atoms with E-state index in [0.29, 0.717) is 12.6 Å². The summed E-state index contributed by atoms with van der Waals surface area (Å²) in [7, 11) is 2.07. The van der Waals surface area contributed by atoms with Crippen molar-refractivity contribution in [3.63, 3.8) is 0 Å². The van der Waals surface area contributed by atoms with Crippen LogP contribution in [0.2, 0.25) is 0 Å². The first-order valence-corrected chi connectivity index (χ1v) is 7.64. The lowest BCUT2D eigenvalue weighted by atomic mass is 9.99. The van der Waals surface area contributed by atoms with E-state index < -0.39 is 6.10 Å². The molecule has 21 heavy (non-hydrogen) atoms. The predicted molar refractivity (Wildman–Crippen MR) is 85.4 cm³/mol. The van der Waals surface area contributed by atoms with Gasteiger partial charge >= 0.3 is 0 Å². The van der Waals surface area contributed by atoms with Gasteiger partial charge in [0.1, 0.15) is 0 Å². The van der Waals surface area contributed by atoms with Gasteiger partial charge in [-0.25, -0.2) is 0 Å². The average molecular weight is 285 g/mol. The van der Waals surface area contributed by atoms with E-state index in [2.05, 4.69) is 37.1 Å². The van der Waals surface area contributed by atoms with Crippen molar-refractivity contribution in [2.75, 3.05) is 20.2 Å². The normalized spacial score (nSPS) is 23.8. The minimum absolute atomic E-state index is 0.245. The Labute approximate surface area is 126 Å². The third kappa shape index (κ3) is 2.95. The van der Waals surface area contributed by atoms with Crippen LogP contribution >= 0.6 is 0 Å². The van der Waals surface area contributed by atoms with Crippen LogP contribution in [-0.4, -0.2) is 42.4 Å². The minimum Gasteiger partial charge on any atom is -0.387 e. The Morgan fingerprint density at radius 1 is 1.24 bits per heavy atom. The standard InChI is InChI=1S/C18H23NO2/c1-13-17(10-11-21-13)19(2)12-18(20)16-9-5-7-14-6-3-4-8-15(14)16/h3-9,13,17-18,20H,10-12H2,1-2H3. The molecule has 3 heteroatoms. The Balaban J connectivity index is 1.79. The summed E-state index contributed by atoms with van der Waals surface area (Å²) in [5.74, 6) is 0. The molecule has 3 unspecified atom stereocenters. The van der Waals surface area contributed by atoms with E-state index in [1.807, 2.05) is 24.3 Å². The molecular formula is C18H23NO2. The number of aliphatic hydroxyl groups is 1. The summed E-state index contributed by atoms with van der Waals surface area (Å²) in [6, 6.07) is 14.7. The lowest BCUT2D eigenvalue weighted by Crippen LogP contribution is -2.39. The van der Waals surface area contributed by atoms with Crippen molar-refractivity contribution in [2.45, 2.75) is 31.6 Å². The highest BCUT2D eigenvalue weighted by atomic mass is 16.5. The van der Waals surface area contributed by atoms with Crippen LogP contribution in [0.5, 0.6) is 0 Å². The first-order valence-electron chi connectivity index (χ1n) is 7.64. The topological polar surface area (TPSA) is 32.7 Å². The Kier molecular flexibility index (Phi) is 4.24. The van der Waals surface area contributed by atoms with Gasteiger partial charge in [-0.1, -0.05) is 42.5 Å². The number of likely N-dealkylation sites (N-methyl/N-ethyl adjacent to an activating group) is 1. The van der Waals surface area contributed by atoms with Crippen LogP contribution in [0.3, 0.4) is 0 Å². The van der Waals surface area contributed by atoms with Crippen molar-refractivity contribution < 1.29 is 9.84 Å². The molecule has 1 aliphatic rings. The predicted octanol–water partition coefficient (Wildman–Crippen LogP) is 2.98. The summed E-state index contributed by atoms with van der Waals surface area (Å²) in [5.41, 5.74) is 1.01. The molecule has 3 nitrogen and oxygen atoms in total. The molecule has 0 bridgehead atoms. The van der Waals surface area contributed by atoms with Crippen molar-refractivity contribution in [1.82, 2.24) is 4.90 Å². The summed E-state index contributed by atoms with van der Waals surface area (Å²) < 4.78 is 5.62. The second-order valence-electron chi connectivity index (χ2n) is 5.96. The van der Waals surface area contributed by atoms with Gasteiger partial charge in [-0.2, -0.15) is 0 Å². The van der Waals surface area contributed by atoms with E-state index in [4.69, 9.17) is 4.74 Å². The molecule has 0 amide bonds. The summed E-state index contributed by atoms with van der Waals surface area (Å²) >= 11 is 0. The number of benzene rings is 2. The second kappa shape index (κ2) is 6.14. The Morgan fingerprint density at radius 2 is 2.00 bits per heavy atom. The van der Waals surface area contributed by atoms with Gasteiger partial charge in [-0.3, -0.25) is 4.90 Å². The molecule has 2 aromatic carbocycles. The molecule has 1 heterocycles. The number of nitrogens with zero attached hydrogens (tertiary/aromatic N) is 1. The van der Waals surface area contributed by atoms with E-state index in [9.17, 15) is 5.11 Å². The molecule has 3 atom stereocenters. The Morgan fingerprint density at radius 3 is 2.76 bits per heavy atom. The average Bonchev–Trinajstić information content (AvgIpc) is 2.92. The Bertz CT molecular complexity index is 608. The summed E-state index contributed by atoms with van der Waals surface area (Å²) in [6.07, 6.45) is 0.809. The zero-order valence-corrected chi connectivity index (χ0v) is 12.7. The first kappa shape index (κ1) is 14.5. The fourth-order valence-electron chi connectivity index (χ4n) is 3.35. The van der Waals surface area contributed by atoms with Gasteiger partial charge in [0.2, 0.25) is 0 Å². The van der Waals surface area contributed by atoms with Crippen LogP contribution in [0, 0.1) is 0 Å². The molecule has 3 rings (SSSR count). The third-order valence-electron chi connectivity index (χ3n) is 4.55. The van der Waals surface area contributed by atoms with Crippen LogP contribution in [0.15, 0.2) is 42.5 Å². The minimum atomic E-state index is -0.478. The Hall–Kier alpha value is -1.42. The van der Waals surface area contributed by atoms with E-state index >= 15 is 0 Å². The molecule has 2 aromatic rings. The van der Waals surface area contributed by atoms with E-state index in [0.717, 1.165) is 24.0 Å². The fourth-order valence-corrected chi connectivity index (χ4v) is 3.35. The van der Waals surface area contributed by atoms with Crippen molar-refractivity contribution >= 4 is 10.8 Å². The molecule has 1 aliphatic heterocycles. The zero-order chi connectivity index (χ0) is 14.8. The molecule has 0 spiro atoms. The van der Waals surface area contributed by atoms with E-state index in [-0.39, 0.29) is 6.10 Å². The first-order chi connectivity index (χ1) is 10.2. The molecule has 0 radical (unpaired) electrons. The van der Waals surface area contributed by atoms with Crippen molar-refractivity contribution in [1.29, 1.82) is 0 Å². The van der Waals surface area contributed by atoms with Crippen molar-refractivity contribution in [3.05, 3.63) is 48.0 Å². The number of hydrogen-bond acceptors (Lipinski definition) is 3. The third-order valence-corrected chi connectivity index (χ3v) is 4.55. The quantitative estimate of drug-likeness (QED) is 0.937. The molecule has 1 fully saturated rings. The summed E-state index contributed by atoms with van der Waals surface area (Å²) in [4.78, 5) is 2.23. The van der Waals surface area contributed by atoms with Gasteiger partial charge < -0.3 is 9.84 Å². The van der Waals surface area contributed by atoms with E-state index in [1.54, 1.807) is 0 Å². The van der Waals surface area contributed by atoms with Crippen LogP contribution in [0.4, 0.5) is 0 Å². The van der Waals surface area contributed by atoms with Crippen molar-refractivity contribution in [2.24, 2.45) is 0 Å². The van der Waals surface area contributed by atoms with Crippen LogP contribution in [-0.2, 0) is 4.74 Å². The van der Waals surface area contributed by atoms with Crippen LogP contribution in [0.1, 0.15) is 25.0 Å². The highest BCUT2D eigenvalue weighted by Gasteiger charge is 2.29. The maximum atomic E-state index is 10.7. The lowest BCUT2D eigenvalue weighted by molar-refractivity contribution is 0.0583. The number of rotatable bonds is 4. The molecule has 1 saturated heterocycles. The van der Waals surface area contributed by atoms with Gasteiger partial charge in [0, 0.05) is 19.2 Å². The molecular weight excluding hydrogens is 262 g/mol. The van der Waals surface area contributed by atoms with Gasteiger partial charge in [0.25, 0.3) is 0 Å². The lowest BCUT2D eigenvalue weighted by Gasteiger charge is -2.29. The number of ether oxygens (including phenoxy) is 1. The van der Waals surface area contributed by atoms with Gasteiger partial charge in [0.15, 0.2) is 0 Å². The van der Waals surface area contributed by atoms with Crippen molar-refractivity contribution in [3.8, 4) is 0 Å². The largest absolute Gasteiger partial charge is 0.387 e. The molecule has 0 aliphatic carbocycles. The van der Waals surface area contributed by atoms with E-state index in [1.165, 1.54) is 5.39 Å². The highest BCUT2D eigenvalue weighted by molar-refractivity contribution is 5.85. The number of hydrogen-bond donors (Lipinski definition) is 1. The van der Waals surface area contributed by atoms with Gasteiger partial charge in [-0.15, -0.1) is 0 Å². The highest BCUT2D eigenvalue weighted by Crippen LogP contribution is 2.26. The smallest absolute Gasteiger partial charge is 0.0922 e.